The molecule has 0 aromatic carbocycles. The fourth-order valence-electron chi connectivity index (χ4n) is 1.19. The molecule has 17 heavy (non-hydrogen) atoms. The zero-order valence-electron chi connectivity index (χ0n) is 9.74. The van der Waals surface area contributed by atoms with Crippen LogP contribution in [-0.2, 0) is 9.53 Å². The molecule has 2 aliphatic rings. The molecule has 0 atom stereocenters. The smallest absolute Gasteiger partial charge is 0.330 e. The molecule has 0 heterocycles. The van der Waals surface area contributed by atoms with Crippen molar-refractivity contribution in [2.45, 2.75) is 19.1 Å². The SMILES string of the molecule is C1=CC(OC2C=CC=C2)C=C1.C=C(C)C(=O)O. The lowest BCUT2D eigenvalue weighted by Crippen LogP contribution is -2.12. The van der Waals surface area contributed by atoms with Crippen LogP contribution >= 0.6 is 0 Å². The summed E-state index contributed by atoms with van der Waals surface area (Å²) in [6.45, 7) is 4.60. The molecule has 90 valence electrons. The summed E-state index contributed by atoms with van der Waals surface area (Å²) in [6, 6.07) is 0. The number of carboxylic acid groups (broad SMARTS) is 1. The number of hydrogen-bond acceptors (Lipinski definition) is 2. The van der Waals surface area contributed by atoms with Crippen LogP contribution in [0.15, 0.2) is 60.8 Å². The number of ether oxygens (including phenoxy) is 1. The van der Waals surface area contributed by atoms with Crippen LogP contribution in [-0.4, -0.2) is 23.3 Å². The van der Waals surface area contributed by atoms with Gasteiger partial charge >= 0.3 is 5.97 Å². The second-order valence-corrected chi connectivity index (χ2v) is 3.69. The number of hydrogen-bond donors (Lipinski definition) is 1. The minimum atomic E-state index is -0.935. The van der Waals surface area contributed by atoms with Gasteiger partial charge in [-0.3, -0.25) is 0 Å². The van der Waals surface area contributed by atoms with E-state index in [1.807, 2.05) is 48.6 Å². The molecule has 3 heteroatoms. The van der Waals surface area contributed by atoms with Gasteiger partial charge in [0.1, 0.15) is 0 Å². The summed E-state index contributed by atoms with van der Waals surface area (Å²) >= 11 is 0. The van der Waals surface area contributed by atoms with Crippen molar-refractivity contribution in [2.24, 2.45) is 0 Å². The summed E-state index contributed by atoms with van der Waals surface area (Å²) < 4.78 is 5.62. The molecule has 2 rings (SSSR count). The first kappa shape index (κ1) is 13.2. The highest BCUT2D eigenvalue weighted by Gasteiger charge is 2.09. The topological polar surface area (TPSA) is 46.5 Å². The third-order valence-corrected chi connectivity index (χ3v) is 2.10. The van der Waals surface area contributed by atoms with Crippen LogP contribution in [0, 0.1) is 0 Å². The largest absolute Gasteiger partial charge is 0.478 e. The summed E-state index contributed by atoms with van der Waals surface area (Å²) in [5.74, 6) is -0.935. The third kappa shape index (κ3) is 5.13. The molecule has 0 unspecified atom stereocenters. The summed E-state index contributed by atoms with van der Waals surface area (Å²) in [6.07, 6.45) is 16.5. The van der Waals surface area contributed by atoms with Crippen molar-refractivity contribution in [1.29, 1.82) is 0 Å². The zero-order chi connectivity index (χ0) is 12.7. The predicted octanol–water partition coefficient (Wildman–Crippen LogP) is 2.64. The molecule has 0 fully saturated rings. The van der Waals surface area contributed by atoms with Gasteiger partial charge in [0.2, 0.25) is 0 Å². The van der Waals surface area contributed by atoms with Gasteiger partial charge in [-0.15, -0.1) is 0 Å². The van der Waals surface area contributed by atoms with Crippen LogP contribution in [0.5, 0.6) is 0 Å². The molecule has 1 N–H and O–H groups in total. The molecule has 0 bridgehead atoms. The monoisotopic (exact) mass is 232 g/mol. The van der Waals surface area contributed by atoms with Crippen LogP contribution in [0.3, 0.4) is 0 Å². The van der Waals surface area contributed by atoms with Crippen molar-refractivity contribution in [2.75, 3.05) is 0 Å². The maximum absolute atomic E-state index is 9.60. The van der Waals surface area contributed by atoms with E-state index in [2.05, 4.69) is 6.58 Å². The second-order valence-electron chi connectivity index (χ2n) is 3.69. The minimum absolute atomic E-state index is 0.174. The Hall–Kier alpha value is -1.87. The Morgan fingerprint density at radius 2 is 1.35 bits per heavy atom. The van der Waals surface area contributed by atoms with Crippen LogP contribution < -0.4 is 0 Å². The molecule has 0 saturated carbocycles. The molecule has 0 aliphatic heterocycles. The Morgan fingerprint density at radius 3 is 1.59 bits per heavy atom. The van der Waals surface area contributed by atoms with Crippen LogP contribution in [0.25, 0.3) is 0 Å². The summed E-state index contributed by atoms with van der Waals surface area (Å²) in [5, 5.41) is 7.89. The van der Waals surface area contributed by atoms with Gasteiger partial charge in [0.05, 0.1) is 12.2 Å². The maximum atomic E-state index is 9.60. The average molecular weight is 232 g/mol. The molecule has 0 radical (unpaired) electrons. The maximum Gasteiger partial charge on any atom is 0.330 e. The average Bonchev–Trinajstić information content (AvgIpc) is 2.92. The van der Waals surface area contributed by atoms with Crippen molar-refractivity contribution in [3.63, 3.8) is 0 Å². The Morgan fingerprint density at radius 1 is 1.06 bits per heavy atom. The van der Waals surface area contributed by atoms with E-state index in [1.165, 1.54) is 6.92 Å². The quantitative estimate of drug-likeness (QED) is 0.761. The van der Waals surface area contributed by atoms with Crippen molar-refractivity contribution >= 4 is 5.97 Å². The fraction of sp³-hybridized carbons (Fsp3) is 0.214. The molecular formula is C14H16O3. The fourth-order valence-corrected chi connectivity index (χ4v) is 1.19. The molecule has 0 saturated heterocycles. The Balaban J connectivity index is 0.000000209. The Labute approximate surface area is 101 Å². The zero-order valence-corrected chi connectivity index (χ0v) is 9.74. The lowest BCUT2D eigenvalue weighted by molar-refractivity contribution is -0.132. The highest BCUT2D eigenvalue weighted by Crippen LogP contribution is 2.12. The van der Waals surface area contributed by atoms with E-state index in [4.69, 9.17) is 9.84 Å². The first-order chi connectivity index (χ1) is 8.09. The van der Waals surface area contributed by atoms with Gasteiger partial charge in [0.15, 0.2) is 0 Å². The third-order valence-electron chi connectivity index (χ3n) is 2.10. The number of aliphatic carboxylic acids is 1. The van der Waals surface area contributed by atoms with Crippen LogP contribution in [0.4, 0.5) is 0 Å². The Bertz CT molecular complexity index is 338. The van der Waals surface area contributed by atoms with E-state index in [1.54, 1.807) is 0 Å². The molecule has 0 amide bonds. The van der Waals surface area contributed by atoms with E-state index < -0.39 is 5.97 Å². The molecular weight excluding hydrogens is 216 g/mol. The number of carbonyl (C=O) groups is 1. The molecule has 3 nitrogen and oxygen atoms in total. The second kappa shape index (κ2) is 6.66. The predicted molar refractivity (Wildman–Crippen MR) is 67.7 cm³/mol. The van der Waals surface area contributed by atoms with Crippen molar-refractivity contribution in [1.82, 2.24) is 0 Å². The molecule has 0 spiro atoms. The van der Waals surface area contributed by atoms with E-state index in [0.29, 0.717) is 0 Å². The highest BCUT2D eigenvalue weighted by molar-refractivity contribution is 5.84. The number of rotatable bonds is 3. The van der Waals surface area contributed by atoms with Gasteiger partial charge in [-0.1, -0.05) is 55.2 Å². The van der Waals surface area contributed by atoms with E-state index in [9.17, 15) is 4.79 Å². The highest BCUT2D eigenvalue weighted by atomic mass is 16.5. The van der Waals surface area contributed by atoms with E-state index in [-0.39, 0.29) is 17.8 Å². The number of allylic oxidation sites excluding steroid dienone is 4. The van der Waals surface area contributed by atoms with Gasteiger partial charge in [0.25, 0.3) is 0 Å². The lowest BCUT2D eigenvalue weighted by Gasteiger charge is -2.11. The first-order valence-corrected chi connectivity index (χ1v) is 5.34. The van der Waals surface area contributed by atoms with Crippen molar-refractivity contribution in [3.8, 4) is 0 Å². The van der Waals surface area contributed by atoms with Gasteiger partial charge in [-0.05, 0) is 6.92 Å². The van der Waals surface area contributed by atoms with Gasteiger partial charge < -0.3 is 9.84 Å². The minimum Gasteiger partial charge on any atom is -0.478 e. The van der Waals surface area contributed by atoms with Gasteiger partial charge in [-0.2, -0.15) is 0 Å². The number of carboxylic acids is 1. The first-order valence-electron chi connectivity index (χ1n) is 5.34. The van der Waals surface area contributed by atoms with Crippen molar-refractivity contribution < 1.29 is 14.6 Å². The van der Waals surface area contributed by atoms with E-state index >= 15 is 0 Å². The van der Waals surface area contributed by atoms with E-state index in [0.717, 1.165) is 0 Å². The van der Waals surface area contributed by atoms with Crippen LogP contribution in [0.2, 0.25) is 0 Å². The standard InChI is InChI=1S/C10H10O.C4H6O2/c1-2-6-9(5-1)11-10-7-3-4-8-10;1-3(2)4(5)6/h1-10H;1H2,2H3,(H,5,6). The van der Waals surface area contributed by atoms with Crippen molar-refractivity contribution in [3.05, 3.63) is 60.8 Å². The Kier molecular flexibility index (Phi) is 5.17. The summed E-state index contributed by atoms with van der Waals surface area (Å²) in [5.41, 5.74) is 0.176. The van der Waals surface area contributed by atoms with Gasteiger partial charge in [0, 0.05) is 5.57 Å². The summed E-state index contributed by atoms with van der Waals surface area (Å²) in [7, 11) is 0. The van der Waals surface area contributed by atoms with Gasteiger partial charge in [-0.25, -0.2) is 4.79 Å². The molecule has 0 aromatic heterocycles. The summed E-state index contributed by atoms with van der Waals surface area (Å²) in [4.78, 5) is 9.60. The normalized spacial score (nSPS) is 17.2. The van der Waals surface area contributed by atoms with Crippen LogP contribution in [0.1, 0.15) is 6.92 Å². The molecule has 0 aromatic rings. The molecule has 2 aliphatic carbocycles. The lowest BCUT2D eigenvalue weighted by atomic mass is 10.3.